The molecule has 1 aromatic heterocycles. The van der Waals surface area contributed by atoms with Gasteiger partial charge in [-0.2, -0.15) is 10.1 Å². The molecule has 4 fully saturated rings. The van der Waals surface area contributed by atoms with Crippen LogP contribution >= 0.6 is 0 Å². The number of Topliss-reactive ketones (excluding diaryl/α,β-unsaturated/α-hetero) is 1. The zero-order valence-corrected chi connectivity index (χ0v) is 36.2. The molecule has 3 saturated carbocycles. The largest absolute Gasteiger partial charge is 0.491 e. The average molecular weight is 825 g/mol. The van der Waals surface area contributed by atoms with E-state index in [1.165, 1.54) is 11.9 Å². The lowest BCUT2D eigenvalue weighted by Gasteiger charge is -2.62. The Morgan fingerprint density at radius 2 is 1.80 bits per heavy atom. The number of carbonyl (C=O) groups excluding carboxylic acids is 2. The number of ether oxygens (including phenoxy) is 4. The SMILES string of the molecule is CC(C)=CCCC1(C)C=Cc2c(c(CC=C(C)C)c3c(c2OCCNCCO)C2=C4C(C5CC6C(C)(C)OC(C/C=C(/C)C(=O)NCCO)(C5=O)C46O3)n3ncnc3N2)O1. The zero-order chi connectivity index (χ0) is 42.8. The Morgan fingerprint density at radius 1 is 1.03 bits per heavy atom. The molecule has 9 rings (SSSR count). The number of rotatable bonds is 16. The summed E-state index contributed by atoms with van der Waals surface area (Å²) in [6, 6.07) is -0.513. The van der Waals surface area contributed by atoms with Crippen LogP contribution in [-0.4, -0.2) is 98.5 Å². The van der Waals surface area contributed by atoms with Crippen LogP contribution in [0.4, 0.5) is 5.95 Å². The lowest BCUT2D eigenvalue weighted by molar-refractivity contribution is -0.181. The highest BCUT2D eigenvalue weighted by Gasteiger charge is 2.84. The summed E-state index contributed by atoms with van der Waals surface area (Å²) in [5.74, 6) is 1.09. The quantitative estimate of drug-likeness (QED) is 0.0831. The van der Waals surface area contributed by atoms with Crippen LogP contribution in [0.15, 0.2) is 52.9 Å². The Balaban J connectivity index is 1.40. The first-order valence-electron chi connectivity index (χ1n) is 21.4. The molecule has 4 aliphatic heterocycles. The number of ketones is 1. The molecule has 5 N–H and O–H groups in total. The minimum absolute atomic E-state index is 0.00713. The van der Waals surface area contributed by atoms with Gasteiger partial charge in [0.15, 0.2) is 17.0 Å². The number of aliphatic hydroxyl groups is 2. The van der Waals surface area contributed by atoms with Crippen LogP contribution < -0.4 is 30.2 Å². The molecule has 1 amide bonds. The fraction of sp³-hybridized carbons (Fsp3) is 0.565. The predicted octanol–water partition coefficient (Wildman–Crippen LogP) is 5.38. The number of aliphatic hydroxyl groups excluding tert-OH is 2. The molecule has 2 aromatic rings. The van der Waals surface area contributed by atoms with Crippen molar-refractivity contribution < 1.29 is 38.7 Å². The summed E-state index contributed by atoms with van der Waals surface area (Å²) in [4.78, 5) is 33.3. The standard InChI is InChI=1S/C46H60N6O8/c1-26(2)10-9-15-44(8)16-14-30-37(58-44)29(12-11-27(3)4)39-33(38(30)57-23-20-47-18-21-53)35-34-36(52-42(51-35)49-25-50-52)31-24-32-43(6,7)60-45(40(31)55,46(32,34)59-39)17-13-28(5)41(56)48-19-22-54/h10-11,13-14,16,25,31-32,36,47,53-54H,9,12,15,17-24H2,1-8H3,(H,48,56)(H,49,50,51)/b28-13-. The van der Waals surface area contributed by atoms with Crippen molar-refractivity contribution in [2.75, 3.05) is 44.8 Å². The van der Waals surface area contributed by atoms with Gasteiger partial charge >= 0.3 is 0 Å². The van der Waals surface area contributed by atoms with Gasteiger partial charge < -0.3 is 45.1 Å². The lowest BCUT2D eigenvalue weighted by Crippen LogP contribution is -2.75. The van der Waals surface area contributed by atoms with Crippen molar-refractivity contribution >= 4 is 29.4 Å². The van der Waals surface area contributed by atoms with Crippen LogP contribution in [0.25, 0.3) is 11.8 Å². The molecule has 1 aromatic carbocycles. The summed E-state index contributed by atoms with van der Waals surface area (Å²) in [7, 11) is 0. The van der Waals surface area contributed by atoms with Gasteiger partial charge in [-0.05, 0) is 93.2 Å². The molecule has 0 radical (unpaired) electrons. The molecule has 6 atom stereocenters. The molecule has 322 valence electrons. The summed E-state index contributed by atoms with van der Waals surface area (Å²) >= 11 is 0. The Kier molecular flexibility index (Phi) is 10.9. The molecular weight excluding hydrogens is 765 g/mol. The summed E-state index contributed by atoms with van der Waals surface area (Å²) in [5.41, 5.74) is 2.42. The molecule has 14 heteroatoms. The van der Waals surface area contributed by atoms with Crippen LogP contribution in [0.1, 0.15) is 104 Å². The Morgan fingerprint density at radius 3 is 2.53 bits per heavy atom. The predicted molar refractivity (Wildman–Crippen MR) is 228 cm³/mol. The van der Waals surface area contributed by atoms with E-state index in [9.17, 15) is 15.0 Å². The van der Waals surface area contributed by atoms with Gasteiger partial charge in [-0.15, -0.1) is 0 Å². The van der Waals surface area contributed by atoms with Crippen LogP contribution in [-0.2, 0) is 20.7 Å². The lowest BCUT2D eigenvalue weighted by atomic mass is 9.47. The van der Waals surface area contributed by atoms with Gasteiger partial charge in [0.1, 0.15) is 35.8 Å². The van der Waals surface area contributed by atoms with Gasteiger partial charge in [-0.25, -0.2) is 4.68 Å². The molecule has 60 heavy (non-hydrogen) atoms. The van der Waals surface area contributed by atoms with E-state index in [0.29, 0.717) is 54.7 Å². The van der Waals surface area contributed by atoms with Crippen molar-refractivity contribution in [2.45, 2.75) is 116 Å². The van der Waals surface area contributed by atoms with Crippen LogP contribution in [0, 0.1) is 11.8 Å². The van der Waals surface area contributed by atoms with Crippen molar-refractivity contribution in [1.29, 1.82) is 0 Å². The second kappa shape index (κ2) is 15.6. The van der Waals surface area contributed by atoms with Crippen LogP contribution in [0.5, 0.6) is 17.2 Å². The number of anilines is 1. The number of hydrogen-bond donors (Lipinski definition) is 5. The van der Waals surface area contributed by atoms with Crippen molar-refractivity contribution in [3.05, 3.63) is 69.6 Å². The van der Waals surface area contributed by atoms with E-state index in [-0.39, 0.29) is 50.4 Å². The number of amides is 1. The third kappa shape index (κ3) is 6.52. The number of allylic oxidation sites excluding steroid dienone is 4. The maximum Gasteiger partial charge on any atom is 0.246 e. The highest BCUT2D eigenvalue weighted by molar-refractivity contribution is 6.03. The van der Waals surface area contributed by atoms with E-state index in [1.54, 1.807) is 13.0 Å². The zero-order valence-electron chi connectivity index (χ0n) is 36.2. The van der Waals surface area contributed by atoms with Gasteiger partial charge in [-0.3, -0.25) is 9.59 Å². The van der Waals surface area contributed by atoms with E-state index >= 15 is 4.79 Å². The number of nitrogens with zero attached hydrogens (tertiary/aromatic N) is 3. The number of carbonyl (C=O) groups is 2. The highest BCUT2D eigenvalue weighted by Crippen LogP contribution is 2.74. The second-order valence-electron chi connectivity index (χ2n) is 18.2. The summed E-state index contributed by atoms with van der Waals surface area (Å²) in [5, 5.41) is 33.2. The van der Waals surface area contributed by atoms with Gasteiger partial charge in [0.05, 0.1) is 41.7 Å². The molecule has 6 unspecified atom stereocenters. The van der Waals surface area contributed by atoms with Crippen LogP contribution in [0.2, 0.25) is 0 Å². The molecule has 4 bridgehead atoms. The molecule has 7 aliphatic rings. The topological polar surface area (TPSA) is 178 Å². The number of hydrogen-bond acceptors (Lipinski definition) is 12. The van der Waals surface area contributed by atoms with Gasteiger partial charge in [-0.1, -0.05) is 29.4 Å². The van der Waals surface area contributed by atoms with Gasteiger partial charge in [0, 0.05) is 54.6 Å². The summed E-state index contributed by atoms with van der Waals surface area (Å²) < 4.78 is 30.9. The second-order valence-corrected chi connectivity index (χ2v) is 18.2. The maximum atomic E-state index is 15.5. The molecule has 3 aliphatic carbocycles. The van der Waals surface area contributed by atoms with Crippen molar-refractivity contribution in [2.24, 2.45) is 11.8 Å². The molecule has 1 saturated heterocycles. The van der Waals surface area contributed by atoms with E-state index in [4.69, 9.17) is 24.0 Å². The first kappa shape index (κ1) is 42.0. The Bertz CT molecular complexity index is 2240. The van der Waals surface area contributed by atoms with Gasteiger partial charge in [0.2, 0.25) is 11.9 Å². The molecule has 5 heterocycles. The summed E-state index contributed by atoms with van der Waals surface area (Å²) in [6.07, 6.45) is 14.6. The van der Waals surface area contributed by atoms with E-state index < -0.39 is 34.4 Å². The van der Waals surface area contributed by atoms with Crippen molar-refractivity contribution in [3.63, 3.8) is 0 Å². The fourth-order valence-corrected chi connectivity index (χ4v) is 10.5. The van der Waals surface area contributed by atoms with Gasteiger partial charge in [0.25, 0.3) is 0 Å². The third-order valence-electron chi connectivity index (χ3n) is 13.1. The monoisotopic (exact) mass is 824 g/mol. The number of fused-ring (bicyclic) bond motifs is 4. The fourth-order valence-electron chi connectivity index (χ4n) is 10.5. The van der Waals surface area contributed by atoms with Crippen molar-refractivity contribution in [3.8, 4) is 17.2 Å². The van der Waals surface area contributed by atoms with E-state index in [0.717, 1.165) is 46.4 Å². The van der Waals surface area contributed by atoms with Crippen LogP contribution in [0.3, 0.4) is 0 Å². The highest BCUT2D eigenvalue weighted by atomic mass is 16.6. The average Bonchev–Trinajstić information content (AvgIpc) is 3.73. The number of nitrogens with one attached hydrogen (secondary N) is 3. The molecule has 14 nitrogen and oxygen atoms in total. The maximum absolute atomic E-state index is 15.5. The Labute approximate surface area is 352 Å². The molecular formula is C46H60N6O8. The minimum atomic E-state index is -1.52. The van der Waals surface area contributed by atoms with E-state index in [1.807, 2.05) is 18.5 Å². The van der Waals surface area contributed by atoms with E-state index in [2.05, 4.69) is 79.9 Å². The third-order valence-corrected chi connectivity index (χ3v) is 13.1. The van der Waals surface area contributed by atoms with Crippen molar-refractivity contribution in [1.82, 2.24) is 25.4 Å². The first-order chi connectivity index (χ1) is 28.6. The smallest absolute Gasteiger partial charge is 0.246 e. The minimum Gasteiger partial charge on any atom is -0.491 e. The number of benzene rings is 1. The Hall–Kier alpha value is -4.76. The number of aromatic nitrogens is 3. The summed E-state index contributed by atoms with van der Waals surface area (Å²) in [6.45, 7) is 17.4. The first-order valence-corrected chi connectivity index (χ1v) is 21.4. The normalized spacial score (nSPS) is 28.4. The molecule has 1 spiro atoms.